The number of benzene rings is 1. The molecule has 26 heavy (non-hydrogen) atoms. The minimum atomic E-state index is -4.68. The first-order valence-corrected chi connectivity index (χ1v) is 7.76. The maximum Gasteiger partial charge on any atom is 0.416 e. The van der Waals surface area contributed by atoms with Crippen LogP contribution in [0.4, 0.5) is 26.3 Å². The molecular weight excluding hydrogens is 368 g/mol. The molecule has 1 saturated heterocycles. The molecule has 10 heteroatoms. The summed E-state index contributed by atoms with van der Waals surface area (Å²) in [6, 6.07) is 4.44. The summed E-state index contributed by atoms with van der Waals surface area (Å²) < 4.78 is 82.8. The van der Waals surface area contributed by atoms with Crippen LogP contribution in [-0.4, -0.2) is 48.4 Å². The number of hydrogen-bond donors (Lipinski definition) is 1. The van der Waals surface area contributed by atoms with Gasteiger partial charge in [0, 0.05) is 19.6 Å². The zero-order valence-corrected chi connectivity index (χ0v) is 13.5. The van der Waals surface area contributed by atoms with Crippen LogP contribution in [0.3, 0.4) is 0 Å². The maximum atomic E-state index is 13.0. The van der Waals surface area contributed by atoms with Crippen LogP contribution in [0.2, 0.25) is 0 Å². The molecule has 2 atom stereocenters. The minimum Gasteiger partial charge on any atom is -0.481 e. The van der Waals surface area contributed by atoms with Gasteiger partial charge in [-0.3, -0.25) is 9.69 Å². The second-order valence-corrected chi connectivity index (χ2v) is 6.08. The first-order chi connectivity index (χ1) is 12.0. The average molecular weight is 385 g/mol. The molecule has 2 rings (SSSR count). The lowest BCUT2D eigenvalue weighted by Gasteiger charge is -2.35. The number of halogens is 6. The Bertz CT molecular complexity index is 631. The van der Waals surface area contributed by atoms with Crippen LogP contribution in [-0.2, 0) is 15.7 Å². The second kappa shape index (κ2) is 7.83. The van der Waals surface area contributed by atoms with Gasteiger partial charge in [0.05, 0.1) is 30.6 Å². The zero-order valence-electron chi connectivity index (χ0n) is 13.5. The van der Waals surface area contributed by atoms with Gasteiger partial charge >= 0.3 is 18.3 Å². The first-order valence-electron chi connectivity index (χ1n) is 7.76. The highest BCUT2D eigenvalue weighted by atomic mass is 19.4. The molecule has 4 nitrogen and oxygen atoms in total. The Morgan fingerprint density at radius 1 is 1.27 bits per heavy atom. The van der Waals surface area contributed by atoms with E-state index in [2.05, 4.69) is 0 Å². The number of carbonyl (C=O) groups is 1. The molecule has 0 saturated carbocycles. The van der Waals surface area contributed by atoms with Crippen LogP contribution < -0.4 is 0 Å². The Labute approximate surface area is 145 Å². The molecule has 146 valence electrons. The molecule has 0 radical (unpaired) electrons. The third kappa shape index (κ3) is 5.60. The van der Waals surface area contributed by atoms with E-state index in [4.69, 9.17) is 9.84 Å². The monoisotopic (exact) mass is 385 g/mol. The SMILES string of the molecule is O=C(O)CC(CN1CCOC(c2cccc(C(F)(F)F)c2)C1)C(F)(F)F. The van der Waals surface area contributed by atoms with Crippen molar-refractivity contribution in [2.24, 2.45) is 5.92 Å². The van der Waals surface area contributed by atoms with Crippen LogP contribution in [0.15, 0.2) is 24.3 Å². The number of carboxylic acids is 1. The molecule has 0 bridgehead atoms. The summed E-state index contributed by atoms with van der Waals surface area (Å²) in [6.45, 7) is -0.414. The van der Waals surface area contributed by atoms with E-state index in [0.29, 0.717) is 0 Å². The third-order valence-corrected chi connectivity index (χ3v) is 4.10. The van der Waals surface area contributed by atoms with Gasteiger partial charge in [-0.05, 0) is 17.7 Å². The molecule has 1 aliphatic heterocycles. The summed E-state index contributed by atoms with van der Waals surface area (Å²) in [6.07, 6.45) is -11.1. The fraction of sp³-hybridized carbons (Fsp3) is 0.562. The summed E-state index contributed by atoms with van der Waals surface area (Å²) in [5.74, 6) is -3.62. The molecule has 1 aromatic rings. The Morgan fingerprint density at radius 2 is 1.96 bits per heavy atom. The smallest absolute Gasteiger partial charge is 0.416 e. The van der Waals surface area contributed by atoms with Crippen LogP contribution in [0.25, 0.3) is 0 Å². The minimum absolute atomic E-state index is 0.0402. The van der Waals surface area contributed by atoms with Crippen molar-refractivity contribution in [2.45, 2.75) is 24.9 Å². The Morgan fingerprint density at radius 3 is 2.54 bits per heavy atom. The summed E-state index contributed by atoms with van der Waals surface area (Å²) in [5.41, 5.74) is -0.652. The molecule has 1 heterocycles. The van der Waals surface area contributed by atoms with E-state index < -0.39 is 48.9 Å². The number of morpholine rings is 1. The summed E-state index contributed by atoms with van der Waals surface area (Å²) >= 11 is 0. The number of ether oxygens (including phenoxy) is 1. The molecule has 0 amide bonds. The van der Waals surface area contributed by atoms with Crippen molar-refractivity contribution in [3.63, 3.8) is 0 Å². The summed E-state index contributed by atoms with van der Waals surface area (Å²) in [5, 5.41) is 8.66. The second-order valence-electron chi connectivity index (χ2n) is 6.08. The molecule has 2 unspecified atom stereocenters. The highest BCUT2D eigenvalue weighted by molar-refractivity contribution is 5.67. The highest BCUT2D eigenvalue weighted by Gasteiger charge is 2.42. The van der Waals surface area contributed by atoms with E-state index >= 15 is 0 Å². The molecule has 0 aromatic heterocycles. The number of rotatable bonds is 5. The molecule has 1 aliphatic rings. The largest absolute Gasteiger partial charge is 0.481 e. The standard InChI is InChI=1S/C16H17F6NO3/c17-15(18,19)11-3-1-2-10(6-11)13-9-23(4-5-26-13)8-12(7-14(24)25)16(20,21)22/h1-3,6,12-13H,4-5,7-9H2,(H,24,25). The van der Waals surface area contributed by atoms with Gasteiger partial charge in [0.2, 0.25) is 0 Å². The quantitative estimate of drug-likeness (QED) is 0.785. The number of carboxylic acid groups (broad SMARTS) is 1. The van der Waals surface area contributed by atoms with Crippen molar-refractivity contribution in [2.75, 3.05) is 26.2 Å². The van der Waals surface area contributed by atoms with Gasteiger partial charge in [0.1, 0.15) is 0 Å². The van der Waals surface area contributed by atoms with Crippen molar-refractivity contribution < 1.29 is 41.0 Å². The lowest BCUT2D eigenvalue weighted by Crippen LogP contribution is -2.44. The molecule has 1 aromatic carbocycles. The third-order valence-electron chi connectivity index (χ3n) is 4.10. The normalized spacial score (nSPS) is 20.8. The number of nitrogens with zero attached hydrogens (tertiary/aromatic N) is 1. The molecule has 1 N–H and O–H groups in total. The lowest BCUT2D eigenvalue weighted by molar-refractivity contribution is -0.189. The van der Waals surface area contributed by atoms with Crippen molar-refractivity contribution in [3.05, 3.63) is 35.4 Å². The van der Waals surface area contributed by atoms with Crippen molar-refractivity contribution >= 4 is 5.97 Å². The van der Waals surface area contributed by atoms with Gasteiger partial charge in [-0.2, -0.15) is 26.3 Å². The van der Waals surface area contributed by atoms with Crippen LogP contribution in [0.1, 0.15) is 23.7 Å². The fourth-order valence-electron chi connectivity index (χ4n) is 2.79. The van der Waals surface area contributed by atoms with Crippen LogP contribution >= 0.6 is 0 Å². The van der Waals surface area contributed by atoms with Crippen LogP contribution in [0, 0.1) is 5.92 Å². The van der Waals surface area contributed by atoms with Crippen molar-refractivity contribution in [1.82, 2.24) is 4.90 Å². The van der Waals surface area contributed by atoms with Gasteiger partial charge in [-0.1, -0.05) is 12.1 Å². The predicted molar refractivity (Wildman–Crippen MR) is 78.4 cm³/mol. The topological polar surface area (TPSA) is 49.8 Å². The van der Waals surface area contributed by atoms with E-state index in [9.17, 15) is 31.1 Å². The Hall–Kier alpha value is -1.81. The molecule has 0 aliphatic carbocycles. The van der Waals surface area contributed by atoms with Crippen molar-refractivity contribution in [1.29, 1.82) is 0 Å². The van der Waals surface area contributed by atoms with Crippen molar-refractivity contribution in [3.8, 4) is 0 Å². The molecular formula is C16H17F6NO3. The average Bonchev–Trinajstić information content (AvgIpc) is 2.53. The van der Waals surface area contributed by atoms with Gasteiger partial charge in [0.15, 0.2) is 0 Å². The predicted octanol–water partition coefficient (Wildman–Crippen LogP) is 3.73. The Balaban J connectivity index is 2.10. The van der Waals surface area contributed by atoms with E-state index in [1.54, 1.807) is 0 Å². The van der Waals surface area contributed by atoms with Gasteiger partial charge in [-0.15, -0.1) is 0 Å². The lowest BCUT2D eigenvalue weighted by atomic mass is 10.0. The first kappa shape index (κ1) is 20.5. The highest BCUT2D eigenvalue weighted by Crippen LogP contribution is 2.34. The molecule has 1 fully saturated rings. The number of alkyl halides is 6. The van der Waals surface area contributed by atoms with E-state index in [1.165, 1.54) is 17.0 Å². The fourth-order valence-corrected chi connectivity index (χ4v) is 2.79. The number of aliphatic carboxylic acids is 1. The van der Waals surface area contributed by atoms with E-state index in [-0.39, 0.29) is 25.3 Å². The summed E-state index contributed by atoms with van der Waals surface area (Å²) in [4.78, 5) is 12.0. The van der Waals surface area contributed by atoms with Crippen LogP contribution in [0.5, 0.6) is 0 Å². The van der Waals surface area contributed by atoms with Gasteiger partial charge in [-0.25, -0.2) is 0 Å². The maximum absolute atomic E-state index is 13.0. The Kier molecular flexibility index (Phi) is 6.17. The molecule has 0 spiro atoms. The van der Waals surface area contributed by atoms with E-state index in [1.807, 2.05) is 0 Å². The zero-order chi connectivity index (χ0) is 19.5. The van der Waals surface area contributed by atoms with Gasteiger partial charge in [0.25, 0.3) is 0 Å². The number of hydrogen-bond acceptors (Lipinski definition) is 3. The summed E-state index contributed by atoms with van der Waals surface area (Å²) in [7, 11) is 0. The van der Waals surface area contributed by atoms with E-state index in [0.717, 1.165) is 12.1 Å². The van der Waals surface area contributed by atoms with Gasteiger partial charge < -0.3 is 9.84 Å².